The summed E-state index contributed by atoms with van der Waals surface area (Å²) in [5.41, 5.74) is 3.07. The Morgan fingerprint density at radius 3 is 2.43 bits per heavy atom. The zero-order valence-electron chi connectivity index (χ0n) is 12.5. The summed E-state index contributed by atoms with van der Waals surface area (Å²) in [6.07, 6.45) is 0. The van der Waals surface area contributed by atoms with Crippen LogP contribution < -0.4 is 5.32 Å². The molecule has 0 spiro atoms. The van der Waals surface area contributed by atoms with Crippen LogP contribution in [0.5, 0.6) is 0 Å². The average molecular weight is 284 g/mol. The lowest BCUT2D eigenvalue weighted by molar-refractivity contribution is -0.385. The number of nitrogens with one attached hydrogen (secondary N) is 1. The Morgan fingerprint density at radius 2 is 1.76 bits per heavy atom. The molecule has 4 heteroatoms. The molecule has 0 aliphatic heterocycles. The summed E-state index contributed by atoms with van der Waals surface area (Å²) >= 11 is 0. The van der Waals surface area contributed by atoms with E-state index in [1.54, 1.807) is 12.1 Å². The Morgan fingerprint density at radius 1 is 1.05 bits per heavy atom. The molecule has 2 aromatic rings. The van der Waals surface area contributed by atoms with Gasteiger partial charge < -0.3 is 5.32 Å². The highest BCUT2D eigenvalue weighted by Gasteiger charge is 2.18. The lowest BCUT2D eigenvalue weighted by Gasteiger charge is -2.17. The molecule has 0 aliphatic rings. The van der Waals surface area contributed by atoms with Crippen molar-refractivity contribution in [2.45, 2.75) is 32.7 Å². The predicted octanol–water partition coefficient (Wildman–Crippen LogP) is 4.89. The van der Waals surface area contributed by atoms with E-state index in [0.29, 0.717) is 11.5 Å². The molecule has 0 aromatic heterocycles. The fourth-order valence-corrected chi connectivity index (χ4v) is 2.34. The van der Waals surface area contributed by atoms with Crippen molar-refractivity contribution >= 4 is 11.4 Å². The van der Waals surface area contributed by atoms with Gasteiger partial charge in [0, 0.05) is 11.8 Å². The molecular weight excluding hydrogens is 264 g/mol. The molecular formula is C17H20N2O2. The van der Waals surface area contributed by atoms with Gasteiger partial charge in [0.25, 0.3) is 5.69 Å². The number of hydrogen-bond acceptors (Lipinski definition) is 3. The van der Waals surface area contributed by atoms with Crippen LogP contribution in [0.25, 0.3) is 0 Å². The van der Waals surface area contributed by atoms with Crippen molar-refractivity contribution in [1.82, 2.24) is 0 Å². The van der Waals surface area contributed by atoms with Gasteiger partial charge in [0.15, 0.2) is 0 Å². The first kappa shape index (κ1) is 15.0. The maximum absolute atomic E-state index is 11.1. The van der Waals surface area contributed by atoms with Crippen LogP contribution in [0.15, 0.2) is 48.5 Å². The second kappa shape index (κ2) is 6.39. The maximum Gasteiger partial charge on any atom is 0.274 e. The lowest BCUT2D eigenvalue weighted by atomic mass is 10.0. The quantitative estimate of drug-likeness (QED) is 0.628. The number of anilines is 1. The van der Waals surface area contributed by atoms with Crippen LogP contribution in [0.4, 0.5) is 11.4 Å². The minimum Gasteiger partial charge on any atom is -0.378 e. The van der Waals surface area contributed by atoms with Gasteiger partial charge in [-0.3, -0.25) is 10.1 Å². The van der Waals surface area contributed by atoms with E-state index in [9.17, 15) is 10.1 Å². The normalized spacial score (nSPS) is 12.2. The van der Waals surface area contributed by atoms with Gasteiger partial charge >= 0.3 is 0 Å². The third-order valence-electron chi connectivity index (χ3n) is 3.54. The monoisotopic (exact) mass is 284 g/mol. The number of para-hydroxylation sites is 1. The first-order valence-electron chi connectivity index (χ1n) is 7.09. The summed E-state index contributed by atoms with van der Waals surface area (Å²) in [5.74, 6) is 0.452. The second-order valence-electron chi connectivity index (χ2n) is 5.46. The van der Waals surface area contributed by atoms with Gasteiger partial charge in [-0.25, -0.2) is 0 Å². The fraction of sp³-hybridized carbons (Fsp3) is 0.294. The molecule has 0 saturated heterocycles. The minimum atomic E-state index is -0.335. The number of nitrogens with zero attached hydrogens (tertiary/aromatic N) is 1. The van der Waals surface area contributed by atoms with Crippen molar-refractivity contribution in [3.8, 4) is 0 Å². The molecule has 0 radical (unpaired) electrons. The van der Waals surface area contributed by atoms with Gasteiger partial charge in [-0.2, -0.15) is 0 Å². The minimum absolute atomic E-state index is 0.131. The van der Waals surface area contributed by atoms with E-state index in [4.69, 9.17) is 0 Å². The van der Waals surface area contributed by atoms with E-state index >= 15 is 0 Å². The third kappa shape index (κ3) is 3.60. The smallest absolute Gasteiger partial charge is 0.274 e. The summed E-state index contributed by atoms with van der Waals surface area (Å²) in [6, 6.07) is 14.9. The van der Waals surface area contributed by atoms with Gasteiger partial charge in [0.05, 0.1) is 16.5 Å². The molecule has 2 rings (SSSR count). The zero-order valence-corrected chi connectivity index (χ0v) is 12.5. The van der Waals surface area contributed by atoms with Crippen molar-refractivity contribution in [1.29, 1.82) is 0 Å². The number of hydrogen-bond donors (Lipinski definition) is 1. The van der Waals surface area contributed by atoms with Crippen molar-refractivity contribution in [3.05, 3.63) is 69.8 Å². The highest BCUT2D eigenvalue weighted by Crippen LogP contribution is 2.28. The summed E-state index contributed by atoms with van der Waals surface area (Å²) in [5, 5.41) is 14.4. The first-order chi connectivity index (χ1) is 9.99. The molecule has 1 N–H and O–H groups in total. The van der Waals surface area contributed by atoms with Crippen LogP contribution in [0.3, 0.4) is 0 Å². The molecule has 21 heavy (non-hydrogen) atoms. The van der Waals surface area contributed by atoms with Crippen molar-refractivity contribution < 1.29 is 4.92 Å². The molecule has 110 valence electrons. The Labute approximate surface area is 125 Å². The van der Waals surface area contributed by atoms with Crippen LogP contribution in [0.1, 0.15) is 43.9 Å². The van der Waals surface area contributed by atoms with Crippen molar-refractivity contribution in [2.75, 3.05) is 5.32 Å². The van der Waals surface area contributed by atoms with Crippen molar-refractivity contribution in [2.24, 2.45) is 0 Å². The zero-order chi connectivity index (χ0) is 15.4. The molecule has 0 bridgehead atoms. The second-order valence-corrected chi connectivity index (χ2v) is 5.46. The van der Waals surface area contributed by atoms with E-state index in [1.807, 2.05) is 25.1 Å². The first-order valence-corrected chi connectivity index (χ1v) is 7.09. The summed E-state index contributed by atoms with van der Waals surface area (Å²) in [6.45, 7) is 6.22. The standard InChI is InChI=1S/C17H20N2O2/c1-12(2)14-7-6-8-15(11-14)18-13(3)16-9-4-5-10-17(16)19(20)21/h4-13,18H,1-3H3. The topological polar surface area (TPSA) is 55.2 Å². The van der Waals surface area contributed by atoms with Gasteiger partial charge in [-0.05, 0) is 30.5 Å². The maximum atomic E-state index is 11.1. The van der Waals surface area contributed by atoms with Crippen molar-refractivity contribution in [3.63, 3.8) is 0 Å². The molecule has 1 atom stereocenters. The SMILES string of the molecule is CC(C)c1cccc(NC(C)c2ccccc2[N+](=O)[O-])c1. The highest BCUT2D eigenvalue weighted by molar-refractivity contribution is 5.51. The largest absolute Gasteiger partial charge is 0.378 e. The van der Waals surface area contributed by atoms with Gasteiger partial charge in [0.1, 0.15) is 0 Å². The van der Waals surface area contributed by atoms with Gasteiger partial charge in [-0.1, -0.05) is 44.2 Å². The molecule has 0 amide bonds. The fourth-order valence-electron chi connectivity index (χ4n) is 2.34. The summed E-state index contributed by atoms with van der Waals surface area (Å²) in [4.78, 5) is 10.8. The summed E-state index contributed by atoms with van der Waals surface area (Å²) in [7, 11) is 0. The van der Waals surface area contributed by atoms with Crippen LogP contribution in [-0.4, -0.2) is 4.92 Å². The molecule has 0 fully saturated rings. The van der Waals surface area contributed by atoms with Crippen LogP contribution in [0, 0.1) is 10.1 Å². The third-order valence-corrected chi connectivity index (χ3v) is 3.54. The van der Waals surface area contributed by atoms with Gasteiger partial charge in [-0.15, -0.1) is 0 Å². The predicted molar refractivity (Wildman–Crippen MR) is 85.7 cm³/mol. The molecule has 2 aromatic carbocycles. The lowest BCUT2D eigenvalue weighted by Crippen LogP contribution is -2.09. The number of nitro groups is 1. The van der Waals surface area contributed by atoms with E-state index in [1.165, 1.54) is 11.6 Å². The van der Waals surface area contributed by atoms with E-state index in [2.05, 4.69) is 31.3 Å². The average Bonchev–Trinajstić information content (AvgIpc) is 2.47. The van der Waals surface area contributed by atoms with E-state index < -0.39 is 0 Å². The Bertz CT molecular complexity index is 638. The van der Waals surface area contributed by atoms with Crippen LogP contribution in [0.2, 0.25) is 0 Å². The van der Waals surface area contributed by atoms with Crippen LogP contribution >= 0.6 is 0 Å². The molecule has 4 nitrogen and oxygen atoms in total. The number of nitro benzene ring substituents is 1. The number of rotatable bonds is 5. The van der Waals surface area contributed by atoms with Crippen LogP contribution in [-0.2, 0) is 0 Å². The van der Waals surface area contributed by atoms with Gasteiger partial charge in [0.2, 0.25) is 0 Å². The van der Waals surface area contributed by atoms with E-state index in [-0.39, 0.29) is 16.7 Å². The highest BCUT2D eigenvalue weighted by atomic mass is 16.6. The Balaban J connectivity index is 2.24. The number of benzene rings is 2. The Hall–Kier alpha value is -2.36. The molecule has 0 saturated carbocycles. The molecule has 1 unspecified atom stereocenters. The molecule has 0 aliphatic carbocycles. The molecule has 0 heterocycles. The Kier molecular flexibility index (Phi) is 4.58. The van der Waals surface area contributed by atoms with E-state index in [0.717, 1.165) is 5.69 Å². The summed E-state index contributed by atoms with van der Waals surface area (Å²) < 4.78 is 0.